The Kier molecular flexibility index (Phi) is 6.44. The number of aromatic nitrogens is 1. The van der Waals surface area contributed by atoms with Gasteiger partial charge in [-0.05, 0) is 24.0 Å². The highest BCUT2D eigenvalue weighted by atomic mass is 16.5. The quantitative estimate of drug-likeness (QED) is 0.606. The zero-order valence-electron chi connectivity index (χ0n) is 16.7. The number of hydrogen-bond acceptors (Lipinski definition) is 5. The first-order valence-electron chi connectivity index (χ1n) is 9.50. The minimum Gasteiger partial charge on any atom is -0.451 e. The molecule has 6 heteroatoms. The van der Waals surface area contributed by atoms with Crippen LogP contribution in [-0.2, 0) is 14.3 Å². The van der Waals surface area contributed by atoms with Gasteiger partial charge in [-0.3, -0.25) is 9.59 Å². The first kappa shape index (κ1) is 20.3. The monoisotopic (exact) mass is 392 g/mol. The highest BCUT2D eigenvalue weighted by Crippen LogP contribution is 2.27. The zero-order chi connectivity index (χ0) is 20.8. The standard InChI is InChI=1S/C23H24N2O4/c1-15(2)21(22(26)24-19-14-16(3)29-25-19)28-23(27)20(17-10-6-4-7-11-17)18-12-8-5-9-13-18/h4-15,20-21H,1-3H3,(H,24,25,26)/t21-/m1/s1. The summed E-state index contributed by atoms with van der Waals surface area (Å²) in [5, 5.41) is 6.41. The van der Waals surface area contributed by atoms with E-state index in [0.717, 1.165) is 11.1 Å². The van der Waals surface area contributed by atoms with E-state index in [4.69, 9.17) is 9.26 Å². The summed E-state index contributed by atoms with van der Waals surface area (Å²) >= 11 is 0. The van der Waals surface area contributed by atoms with Gasteiger partial charge in [0, 0.05) is 6.07 Å². The fourth-order valence-electron chi connectivity index (χ4n) is 3.06. The highest BCUT2D eigenvalue weighted by molar-refractivity contribution is 5.95. The molecule has 3 rings (SSSR count). The Bertz CT molecular complexity index is 912. The maximum absolute atomic E-state index is 13.2. The number of hydrogen-bond donors (Lipinski definition) is 1. The number of amides is 1. The van der Waals surface area contributed by atoms with Gasteiger partial charge in [0.15, 0.2) is 11.9 Å². The van der Waals surface area contributed by atoms with Gasteiger partial charge in [0.2, 0.25) is 0 Å². The van der Waals surface area contributed by atoms with Crippen molar-refractivity contribution in [3.63, 3.8) is 0 Å². The molecular formula is C23H24N2O4. The van der Waals surface area contributed by atoms with Crippen molar-refractivity contribution in [3.8, 4) is 0 Å². The third-order valence-corrected chi connectivity index (χ3v) is 4.49. The Hall–Kier alpha value is -3.41. The Labute approximate surface area is 169 Å². The summed E-state index contributed by atoms with van der Waals surface area (Å²) in [6.45, 7) is 5.38. The molecule has 0 radical (unpaired) electrons. The van der Waals surface area contributed by atoms with Crippen molar-refractivity contribution in [2.24, 2.45) is 5.92 Å². The van der Waals surface area contributed by atoms with Crippen LogP contribution in [0.2, 0.25) is 0 Å². The van der Waals surface area contributed by atoms with Crippen molar-refractivity contribution < 1.29 is 18.8 Å². The second-order valence-electron chi connectivity index (χ2n) is 7.17. The van der Waals surface area contributed by atoms with Gasteiger partial charge in [0.1, 0.15) is 11.7 Å². The van der Waals surface area contributed by atoms with Crippen LogP contribution in [-0.4, -0.2) is 23.1 Å². The minimum atomic E-state index is -0.963. The second kappa shape index (κ2) is 9.19. The molecule has 0 saturated heterocycles. The second-order valence-corrected chi connectivity index (χ2v) is 7.17. The van der Waals surface area contributed by atoms with Gasteiger partial charge in [0.05, 0.1) is 0 Å². The normalized spacial score (nSPS) is 12.0. The lowest BCUT2D eigenvalue weighted by Gasteiger charge is -2.24. The molecular weight excluding hydrogens is 368 g/mol. The highest BCUT2D eigenvalue weighted by Gasteiger charge is 2.32. The van der Waals surface area contributed by atoms with E-state index in [1.165, 1.54) is 0 Å². The number of anilines is 1. The van der Waals surface area contributed by atoms with Gasteiger partial charge in [-0.1, -0.05) is 79.7 Å². The van der Waals surface area contributed by atoms with E-state index >= 15 is 0 Å². The molecule has 3 aromatic rings. The predicted molar refractivity (Wildman–Crippen MR) is 109 cm³/mol. The lowest BCUT2D eigenvalue weighted by atomic mass is 9.91. The van der Waals surface area contributed by atoms with Gasteiger partial charge in [-0.25, -0.2) is 0 Å². The summed E-state index contributed by atoms with van der Waals surface area (Å²) in [5.41, 5.74) is 1.61. The molecule has 1 heterocycles. The van der Waals surface area contributed by atoms with E-state index < -0.39 is 23.9 Å². The van der Waals surface area contributed by atoms with E-state index in [-0.39, 0.29) is 11.7 Å². The average Bonchev–Trinajstić information content (AvgIpc) is 3.12. The van der Waals surface area contributed by atoms with Crippen LogP contribution in [0.1, 0.15) is 36.7 Å². The largest absolute Gasteiger partial charge is 0.451 e. The topological polar surface area (TPSA) is 81.4 Å². The third-order valence-electron chi connectivity index (χ3n) is 4.49. The number of nitrogens with one attached hydrogen (secondary N) is 1. The maximum atomic E-state index is 13.2. The Morgan fingerprint density at radius 2 is 1.52 bits per heavy atom. The number of ether oxygens (including phenoxy) is 1. The summed E-state index contributed by atoms with van der Waals surface area (Å²) in [5.74, 6) is -0.905. The molecule has 0 saturated carbocycles. The first-order valence-corrected chi connectivity index (χ1v) is 9.50. The van der Waals surface area contributed by atoms with Crippen LogP contribution in [0.4, 0.5) is 5.82 Å². The van der Waals surface area contributed by atoms with Crippen LogP contribution in [0, 0.1) is 12.8 Å². The molecule has 1 atom stereocenters. The smallest absolute Gasteiger partial charge is 0.318 e. The van der Waals surface area contributed by atoms with E-state index in [9.17, 15) is 9.59 Å². The maximum Gasteiger partial charge on any atom is 0.318 e. The molecule has 0 unspecified atom stereocenters. The molecule has 1 amide bonds. The van der Waals surface area contributed by atoms with Crippen molar-refractivity contribution in [2.45, 2.75) is 32.8 Å². The average molecular weight is 392 g/mol. The molecule has 29 heavy (non-hydrogen) atoms. The van der Waals surface area contributed by atoms with Crippen LogP contribution < -0.4 is 5.32 Å². The summed E-state index contributed by atoms with van der Waals surface area (Å²) in [4.78, 5) is 25.9. The number of benzene rings is 2. The lowest BCUT2D eigenvalue weighted by molar-refractivity contribution is -0.157. The van der Waals surface area contributed by atoms with E-state index in [1.807, 2.05) is 74.5 Å². The number of esters is 1. The Morgan fingerprint density at radius 1 is 0.966 bits per heavy atom. The van der Waals surface area contributed by atoms with E-state index in [0.29, 0.717) is 5.76 Å². The van der Waals surface area contributed by atoms with Crippen molar-refractivity contribution in [3.05, 3.63) is 83.6 Å². The molecule has 0 aliphatic carbocycles. The van der Waals surface area contributed by atoms with Gasteiger partial charge < -0.3 is 14.6 Å². The van der Waals surface area contributed by atoms with E-state index in [2.05, 4.69) is 10.5 Å². The summed E-state index contributed by atoms with van der Waals surface area (Å²) in [7, 11) is 0. The molecule has 0 aliphatic rings. The molecule has 2 aromatic carbocycles. The molecule has 0 fully saturated rings. The molecule has 0 spiro atoms. The van der Waals surface area contributed by atoms with E-state index in [1.54, 1.807) is 13.0 Å². The van der Waals surface area contributed by atoms with Crippen LogP contribution in [0.15, 0.2) is 71.3 Å². The molecule has 6 nitrogen and oxygen atoms in total. The van der Waals surface area contributed by atoms with Crippen LogP contribution in [0.3, 0.4) is 0 Å². The van der Waals surface area contributed by atoms with Crippen molar-refractivity contribution in [1.29, 1.82) is 0 Å². The van der Waals surface area contributed by atoms with Crippen molar-refractivity contribution >= 4 is 17.7 Å². The Morgan fingerprint density at radius 3 is 1.97 bits per heavy atom. The summed E-state index contributed by atoms with van der Waals surface area (Å²) < 4.78 is 10.7. The zero-order valence-corrected chi connectivity index (χ0v) is 16.7. The van der Waals surface area contributed by atoms with Crippen LogP contribution in [0.5, 0.6) is 0 Å². The molecule has 1 aromatic heterocycles. The number of carbonyl (C=O) groups is 2. The van der Waals surface area contributed by atoms with Crippen molar-refractivity contribution in [1.82, 2.24) is 5.16 Å². The summed E-state index contributed by atoms with van der Waals surface area (Å²) in [6.07, 6.45) is -0.963. The fourth-order valence-corrected chi connectivity index (χ4v) is 3.06. The summed E-state index contributed by atoms with van der Waals surface area (Å²) in [6, 6.07) is 20.4. The third kappa shape index (κ3) is 5.10. The van der Waals surface area contributed by atoms with Crippen LogP contribution in [0.25, 0.3) is 0 Å². The van der Waals surface area contributed by atoms with Gasteiger partial charge >= 0.3 is 5.97 Å². The molecule has 150 valence electrons. The number of aryl methyl sites for hydroxylation is 1. The number of nitrogens with zero attached hydrogens (tertiary/aromatic N) is 1. The first-order chi connectivity index (χ1) is 14.0. The fraction of sp³-hybridized carbons (Fsp3) is 0.261. The molecule has 0 aliphatic heterocycles. The lowest BCUT2D eigenvalue weighted by Crippen LogP contribution is -2.38. The molecule has 1 N–H and O–H groups in total. The van der Waals surface area contributed by atoms with Crippen LogP contribution >= 0.6 is 0 Å². The Balaban J connectivity index is 1.83. The van der Waals surface area contributed by atoms with Gasteiger partial charge in [0.25, 0.3) is 5.91 Å². The predicted octanol–water partition coefficient (Wildman–Crippen LogP) is 4.32. The number of rotatable bonds is 7. The minimum absolute atomic E-state index is 0.223. The SMILES string of the molecule is Cc1cc(NC(=O)[C@H](OC(=O)C(c2ccccc2)c2ccccc2)C(C)C)no1. The number of carbonyl (C=O) groups excluding carboxylic acids is 2. The molecule has 0 bridgehead atoms. The van der Waals surface area contributed by atoms with Crippen molar-refractivity contribution in [2.75, 3.05) is 5.32 Å². The van der Waals surface area contributed by atoms with Gasteiger partial charge in [-0.15, -0.1) is 0 Å². The van der Waals surface area contributed by atoms with Gasteiger partial charge in [-0.2, -0.15) is 0 Å².